The van der Waals surface area contributed by atoms with Gasteiger partial charge in [0.1, 0.15) is 11.6 Å². The molecule has 2 rings (SSSR count). The van der Waals surface area contributed by atoms with E-state index in [0.717, 1.165) is 30.9 Å². The largest absolute Gasteiger partial charge is 0.367 e. The van der Waals surface area contributed by atoms with E-state index in [2.05, 4.69) is 29.1 Å². The average molecular weight is 263 g/mol. The highest BCUT2D eigenvalue weighted by atomic mass is 16.1. The Morgan fingerprint density at radius 3 is 2.89 bits per heavy atom. The quantitative estimate of drug-likeness (QED) is 0.707. The van der Waals surface area contributed by atoms with E-state index in [9.17, 15) is 4.79 Å². The molecule has 0 radical (unpaired) electrons. The van der Waals surface area contributed by atoms with Crippen molar-refractivity contribution in [3.8, 4) is 0 Å². The first-order chi connectivity index (χ1) is 9.19. The van der Waals surface area contributed by atoms with Gasteiger partial charge in [0.2, 0.25) is 0 Å². The number of unbranched alkanes of at least 4 members (excludes halogenated alkanes) is 3. The van der Waals surface area contributed by atoms with E-state index >= 15 is 0 Å². The minimum Gasteiger partial charge on any atom is -0.367 e. The van der Waals surface area contributed by atoms with Crippen LogP contribution in [-0.4, -0.2) is 16.0 Å². The topological polar surface area (TPSA) is 57.8 Å². The number of hydrogen-bond donors (Lipinski definition) is 2. The summed E-state index contributed by atoms with van der Waals surface area (Å²) >= 11 is 0. The first-order valence-electron chi connectivity index (χ1n) is 7.57. The molecule has 0 saturated heterocycles. The van der Waals surface area contributed by atoms with Gasteiger partial charge in [-0.3, -0.25) is 4.79 Å². The fourth-order valence-corrected chi connectivity index (χ4v) is 2.30. The van der Waals surface area contributed by atoms with Gasteiger partial charge in [-0.2, -0.15) is 0 Å². The van der Waals surface area contributed by atoms with Gasteiger partial charge in [-0.25, -0.2) is 4.98 Å². The van der Waals surface area contributed by atoms with E-state index in [1.165, 1.54) is 25.7 Å². The molecule has 2 N–H and O–H groups in total. The molecule has 0 spiro atoms. The van der Waals surface area contributed by atoms with Gasteiger partial charge in [0, 0.05) is 18.0 Å². The number of anilines is 1. The molecule has 1 aromatic rings. The van der Waals surface area contributed by atoms with Crippen LogP contribution in [0.2, 0.25) is 0 Å². The zero-order valence-electron chi connectivity index (χ0n) is 12.0. The van der Waals surface area contributed by atoms with Gasteiger partial charge in [-0.05, 0) is 26.2 Å². The lowest BCUT2D eigenvalue weighted by Gasteiger charge is -2.14. The Kier molecular flexibility index (Phi) is 5.00. The normalized spacial score (nSPS) is 16.3. The molecular formula is C15H25N3O. The van der Waals surface area contributed by atoms with Crippen LogP contribution in [0.3, 0.4) is 0 Å². The number of nitrogens with one attached hydrogen (secondary N) is 2. The fourth-order valence-electron chi connectivity index (χ4n) is 2.30. The summed E-state index contributed by atoms with van der Waals surface area (Å²) in [6.07, 6.45) is 8.54. The molecule has 1 aromatic heterocycles. The molecule has 1 aliphatic rings. The Morgan fingerprint density at radius 2 is 2.21 bits per heavy atom. The Morgan fingerprint density at radius 1 is 1.42 bits per heavy atom. The van der Waals surface area contributed by atoms with Crippen molar-refractivity contribution in [2.75, 3.05) is 5.32 Å². The minimum absolute atomic E-state index is 0.0439. The highest BCUT2D eigenvalue weighted by Crippen LogP contribution is 2.37. The van der Waals surface area contributed by atoms with Crippen LogP contribution in [0.1, 0.15) is 70.5 Å². The second-order valence-electron chi connectivity index (χ2n) is 5.68. The second kappa shape index (κ2) is 6.73. The lowest BCUT2D eigenvalue weighted by Crippen LogP contribution is -2.19. The van der Waals surface area contributed by atoms with E-state index in [0.29, 0.717) is 12.0 Å². The summed E-state index contributed by atoms with van der Waals surface area (Å²) in [6.45, 7) is 4.38. The van der Waals surface area contributed by atoms with Crippen molar-refractivity contribution in [1.82, 2.24) is 9.97 Å². The van der Waals surface area contributed by atoms with E-state index in [1.807, 2.05) is 0 Å². The third kappa shape index (κ3) is 4.69. The van der Waals surface area contributed by atoms with Crippen molar-refractivity contribution in [3.05, 3.63) is 22.2 Å². The van der Waals surface area contributed by atoms with Gasteiger partial charge in [0.05, 0.1) is 0 Å². The Hall–Kier alpha value is -1.32. The third-order valence-electron chi connectivity index (χ3n) is 3.61. The lowest BCUT2D eigenvalue weighted by molar-refractivity contribution is 0.592. The highest BCUT2D eigenvalue weighted by Gasteiger charge is 2.26. The predicted octanol–water partition coefficient (Wildman–Crippen LogP) is 3.42. The molecule has 0 aliphatic heterocycles. The molecule has 106 valence electrons. The van der Waals surface area contributed by atoms with Crippen LogP contribution in [0.15, 0.2) is 10.9 Å². The van der Waals surface area contributed by atoms with Gasteiger partial charge in [0.25, 0.3) is 5.56 Å². The molecule has 4 heteroatoms. The maximum Gasteiger partial charge on any atom is 0.252 e. The fraction of sp³-hybridized carbons (Fsp3) is 0.733. The molecule has 0 bridgehead atoms. The Balaban J connectivity index is 1.85. The van der Waals surface area contributed by atoms with Crippen LogP contribution in [0.4, 0.5) is 5.82 Å². The maximum absolute atomic E-state index is 11.6. The number of aromatic nitrogens is 2. The summed E-state index contributed by atoms with van der Waals surface area (Å²) in [7, 11) is 0. The molecule has 4 nitrogen and oxygen atoms in total. The second-order valence-corrected chi connectivity index (χ2v) is 5.68. The SMILES string of the molecule is CCCCCCC(C)Nc1cc(=O)[nH]c(C2CC2)n1. The summed E-state index contributed by atoms with van der Waals surface area (Å²) in [6, 6.07) is 1.94. The van der Waals surface area contributed by atoms with Crippen molar-refractivity contribution in [2.45, 2.75) is 70.8 Å². The van der Waals surface area contributed by atoms with Crippen LogP contribution in [0.25, 0.3) is 0 Å². The molecule has 19 heavy (non-hydrogen) atoms. The van der Waals surface area contributed by atoms with Gasteiger partial charge in [0.15, 0.2) is 0 Å². The average Bonchev–Trinajstić information content (AvgIpc) is 3.18. The first-order valence-corrected chi connectivity index (χ1v) is 7.57. The van der Waals surface area contributed by atoms with Crippen LogP contribution in [-0.2, 0) is 0 Å². The molecule has 1 unspecified atom stereocenters. The molecule has 0 amide bonds. The summed E-state index contributed by atoms with van der Waals surface area (Å²) in [5.41, 5.74) is -0.0439. The van der Waals surface area contributed by atoms with E-state index in [-0.39, 0.29) is 5.56 Å². The van der Waals surface area contributed by atoms with Crippen LogP contribution in [0, 0.1) is 0 Å². The highest BCUT2D eigenvalue weighted by molar-refractivity contribution is 5.34. The number of aromatic amines is 1. The van der Waals surface area contributed by atoms with E-state index in [1.54, 1.807) is 6.07 Å². The molecule has 1 aliphatic carbocycles. The lowest BCUT2D eigenvalue weighted by atomic mass is 10.1. The summed E-state index contributed by atoms with van der Waals surface area (Å²) in [5.74, 6) is 2.07. The molecule has 1 saturated carbocycles. The van der Waals surface area contributed by atoms with Crippen LogP contribution in [0.5, 0.6) is 0 Å². The van der Waals surface area contributed by atoms with Crippen molar-refractivity contribution in [3.63, 3.8) is 0 Å². The third-order valence-corrected chi connectivity index (χ3v) is 3.61. The van der Waals surface area contributed by atoms with Gasteiger partial charge in [-0.15, -0.1) is 0 Å². The zero-order valence-corrected chi connectivity index (χ0v) is 12.0. The van der Waals surface area contributed by atoms with E-state index in [4.69, 9.17) is 0 Å². The van der Waals surface area contributed by atoms with Crippen molar-refractivity contribution < 1.29 is 0 Å². The van der Waals surface area contributed by atoms with Crippen molar-refractivity contribution >= 4 is 5.82 Å². The number of hydrogen-bond acceptors (Lipinski definition) is 3. The molecule has 1 fully saturated rings. The predicted molar refractivity (Wildman–Crippen MR) is 78.7 cm³/mol. The maximum atomic E-state index is 11.6. The van der Waals surface area contributed by atoms with Crippen molar-refractivity contribution in [2.24, 2.45) is 0 Å². The summed E-state index contributed by atoms with van der Waals surface area (Å²) in [5, 5.41) is 3.35. The monoisotopic (exact) mass is 263 g/mol. The van der Waals surface area contributed by atoms with Crippen molar-refractivity contribution in [1.29, 1.82) is 0 Å². The Bertz CT molecular complexity index is 451. The number of rotatable bonds is 8. The Labute approximate surface area is 115 Å². The van der Waals surface area contributed by atoms with Crippen LogP contribution >= 0.6 is 0 Å². The molecule has 1 heterocycles. The summed E-state index contributed by atoms with van der Waals surface area (Å²) < 4.78 is 0. The molecule has 1 atom stereocenters. The van der Waals surface area contributed by atoms with Gasteiger partial charge < -0.3 is 10.3 Å². The number of nitrogens with zero attached hydrogens (tertiary/aromatic N) is 1. The smallest absolute Gasteiger partial charge is 0.252 e. The number of H-pyrrole nitrogens is 1. The van der Waals surface area contributed by atoms with Gasteiger partial charge in [-0.1, -0.05) is 32.6 Å². The van der Waals surface area contributed by atoms with E-state index < -0.39 is 0 Å². The van der Waals surface area contributed by atoms with Crippen LogP contribution < -0.4 is 10.9 Å². The minimum atomic E-state index is -0.0439. The standard InChI is InChI=1S/C15H25N3O/c1-3-4-5-6-7-11(2)16-13-10-14(19)18-15(17-13)12-8-9-12/h10-12H,3-9H2,1-2H3,(H2,16,17,18,19). The summed E-state index contributed by atoms with van der Waals surface area (Å²) in [4.78, 5) is 18.9. The molecule has 0 aromatic carbocycles. The zero-order chi connectivity index (χ0) is 13.7. The molecular weight excluding hydrogens is 238 g/mol. The first kappa shape index (κ1) is 14.1. The van der Waals surface area contributed by atoms with Gasteiger partial charge >= 0.3 is 0 Å².